The van der Waals surface area contributed by atoms with Crippen LogP contribution < -0.4 is 15.4 Å². The third kappa shape index (κ3) is 4.04. The van der Waals surface area contributed by atoms with Crippen molar-refractivity contribution in [2.75, 3.05) is 0 Å². The van der Waals surface area contributed by atoms with Gasteiger partial charge in [0, 0.05) is 17.7 Å². The van der Waals surface area contributed by atoms with Crippen LogP contribution in [0.4, 0.5) is 5.69 Å². The molecule has 7 nitrogen and oxygen atoms in total. The fraction of sp³-hybridized carbons (Fsp3) is 0.111. The zero-order valence-corrected chi connectivity index (χ0v) is 14.6. The van der Waals surface area contributed by atoms with Crippen LogP contribution in [0.15, 0.2) is 48.2 Å². The Labute approximate surface area is 154 Å². The summed E-state index contributed by atoms with van der Waals surface area (Å²) >= 11 is 4.89. The molecule has 1 heterocycles. The van der Waals surface area contributed by atoms with E-state index in [9.17, 15) is 14.9 Å². The van der Waals surface area contributed by atoms with Crippen molar-refractivity contribution in [2.45, 2.75) is 13.5 Å². The Morgan fingerprint density at radius 1 is 1.23 bits per heavy atom. The van der Waals surface area contributed by atoms with E-state index < -0.39 is 10.8 Å². The lowest BCUT2D eigenvalue weighted by molar-refractivity contribution is -0.384. The molecule has 132 valence electrons. The first-order valence-electron chi connectivity index (χ1n) is 7.73. The lowest BCUT2D eigenvalue weighted by Gasteiger charge is -2.10. The van der Waals surface area contributed by atoms with Crippen molar-refractivity contribution < 1.29 is 14.5 Å². The molecule has 0 spiro atoms. The first kappa shape index (κ1) is 17.6. The second-order valence-corrected chi connectivity index (χ2v) is 6.13. The number of hydrogen-bond donors (Lipinski definition) is 2. The third-order valence-electron chi connectivity index (χ3n) is 3.70. The minimum Gasteiger partial charge on any atom is -0.488 e. The Bertz CT molecular complexity index is 940. The van der Waals surface area contributed by atoms with E-state index in [-0.39, 0.29) is 16.5 Å². The zero-order chi connectivity index (χ0) is 18.7. The molecule has 2 aromatic rings. The maximum atomic E-state index is 11.8. The summed E-state index contributed by atoms with van der Waals surface area (Å²) in [4.78, 5) is 22.4. The van der Waals surface area contributed by atoms with Crippen LogP contribution in [0.2, 0.25) is 0 Å². The van der Waals surface area contributed by atoms with Gasteiger partial charge in [0.15, 0.2) is 5.11 Å². The second kappa shape index (κ2) is 7.32. The number of aryl methyl sites for hydroxylation is 1. The smallest absolute Gasteiger partial charge is 0.273 e. The molecule has 1 fully saturated rings. The predicted molar refractivity (Wildman–Crippen MR) is 100 cm³/mol. The van der Waals surface area contributed by atoms with Gasteiger partial charge in [0.2, 0.25) is 0 Å². The van der Waals surface area contributed by atoms with E-state index in [1.165, 1.54) is 24.3 Å². The highest BCUT2D eigenvalue weighted by Gasteiger charge is 2.21. The molecular weight excluding hydrogens is 354 g/mol. The number of non-ortho nitro benzene ring substituents is 1. The molecule has 1 aliphatic heterocycles. The van der Waals surface area contributed by atoms with Crippen LogP contribution >= 0.6 is 12.2 Å². The number of thiocarbonyl (C=S) groups is 1. The quantitative estimate of drug-likeness (QED) is 0.364. The molecule has 0 saturated carbocycles. The van der Waals surface area contributed by atoms with Crippen LogP contribution in [0, 0.1) is 17.0 Å². The van der Waals surface area contributed by atoms with Gasteiger partial charge in [-0.25, -0.2) is 0 Å². The molecule has 0 bridgehead atoms. The molecule has 1 saturated heterocycles. The molecule has 0 aromatic heterocycles. The van der Waals surface area contributed by atoms with Gasteiger partial charge in [-0.1, -0.05) is 29.8 Å². The van der Waals surface area contributed by atoms with Crippen LogP contribution in [-0.2, 0) is 11.4 Å². The van der Waals surface area contributed by atoms with Crippen molar-refractivity contribution in [1.82, 2.24) is 10.6 Å². The largest absolute Gasteiger partial charge is 0.488 e. The van der Waals surface area contributed by atoms with E-state index in [2.05, 4.69) is 10.6 Å². The van der Waals surface area contributed by atoms with Crippen molar-refractivity contribution in [3.8, 4) is 5.75 Å². The molecule has 1 amide bonds. The van der Waals surface area contributed by atoms with Crippen molar-refractivity contribution in [1.29, 1.82) is 0 Å². The number of nitrogens with one attached hydrogen (secondary N) is 2. The molecule has 0 unspecified atom stereocenters. The fourth-order valence-corrected chi connectivity index (χ4v) is 2.70. The Morgan fingerprint density at radius 2 is 2.04 bits per heavy atom. The van der Waals surface area contributed by atoms with Gasteiger partial charge >= 0.3 is 0 Å². The summed E-state index contributed by atoms with van der Waals surface area (Å²) in [5.74, 6) is 0.0307. The van der Waals surface area contributed by atoms with E-state index in [4.69, 9.17) is 17.0 Å². The van der Waals surface area contributed by atoms with Gasteiger partial charge in [0.05, 0.1) is 4.92 Å². The minimum atomic E-state index is -0.501. The number of benzene rings is 2. The van der Waals surface area contributed by atoms with E-state index >= 15 is 0 Å². The van der Waals surface area contributed by atoms with Gasteiger partial charge in [-0.3, -0.25) is 20.2 Å². The number of hydrogen-bond acceptors (Lipinski definition) is 5. The monoisotopic (exact) mass is 369 g/mol. The highest BCUT2D eigenvalue weighted by molar-refractivity contribution is 7.80. The van der Waals surface area contributed by atoms with E-state index in [0.717, 1.165) is 11.1 Å². The summed E-state index contributed by atoms with van der Waals surface area (Å²) in [5.41, 5.74) is 2.60. The highest BCUT2D eigenvalue weighted by atomic mass is 32.1. The fourth-order valence-electron chi connectivity index (χ4n) is 2.49. The SMILES string of the molecule is Cc1cccc(COc2ccc([N+](=O)[O-])cc2/C=C2\NC(=S)NC2=O)c1. The molecule has 0 atom stereocenters. The van der Waals surface area contributed by atoms with E-state index in [1.54, 1.807) is 0 Å². The average molecular weight is 369 g/mol. The average Bonchev–Trinajstić information content (AvgIpc) is 2.91. The van der Waals surface area contributed by atoms with Gasteiger partial charge in [-0.2, -0.15) is 0 Å². The Hall–Kier alpha value is -3.26. The number of carbonyl (C=O) groups is 1. The minimum absolute atomic E-state index is 0.0965. The lowest BCUT2D eigenvalue weighted by atomic mass is 10.1. The lowest BCUT2D eigenvalue weighted by Crippen LogP contribution is -2.21. The van der Waals surface area contributed by atoms with Crippen LogP contribution in [0.5, 0.6) is 5.75 Å². The molecule has 2 aromatic carbocycles. The molecule has 0 radical (unpaired) electrons. The Morgan fingerprint density at radius 3 is 2.69 bits per heavy atom. The zero-order valence-electron chi connectivity index (χ0n) is 13.8. The number of nitrogens with zero attached hydrogens (tertiary/aromatic N) is 1. The maximum absolute atomic E-state index is 11.8. The topological polar surface area (TPSA) is 93.5 Å². The molecule has 0 aliphatic carbocycles. The summed E-state index contributed by atoms with van der Waals surface area (Å²) < 4.78 is 5.83. The van der Waals surface area contributed by atoms with Gasteiger partial charge in [-0.05, 0) is 36.8 Å². The first-order chi connectivity index (χ1) is 12.4. The summed E-state index contributed by atoms with van der Waals surface area (Å²) in [6.07, 6.45) is 1.48. The molecule has 3 rings (SSSR count). The molecule has 26 heavy (non-hydrogen) atoms. The van der Waals surface area contributed by atoms with Crippen molar-refractivity contribution in [2.24, 2.45) is 0 Å². The van der Waals surface area contributed by atoms with Crippen LogP contribution in [0.25, 0.3) is 6.08 Å². The molecular formula is C18H15N3O4S. The number of carbonyl (C=O) groups excluding carboxylic acids is 1. The van der Waals surface area contributed by atoms with E-state index in [0.29, 0.717) is 17.9 Å². The van der Waals surface area contributed by atoms with Crippen molar-refractivity contribution >= 4 is 35.0 Å². The van der Waals surface area contributed by atoms with Gasteiger partial charge in [0.25, 0.3) is 11.6 Å². The van der Waals surface area contributed by atoms with Gasteiger partial charge < -0.3 is 10.1 Å². The third-order valence-corrected chi connectivity index (χ3v) is 3.90. The van der Waals surface area contributed by atoms with E-state index in [1.807, 2.05) is 31.2 Å². The Balaban J connectivity index is 1.91. The maximum Gasteiger partial charge on any atom is 0.273 e. The predicted octanol–water partition coefficient (Wildman–Crippen LogP) is 2.83. The number of ether oxygens (including phenoxy) is 1. The summed E-state index contributed by atoms with van der Waals surface area (Å²) in [6, 6.07) is 12.1. The summed E-state index contributed by atoms with van der Waals surface area (Å²) in [7, 11) is 0. The highest BCUT2D eigenvalue weighted by Crippen LogP contribution is 2.27. The van der Waals surface area contributed by atoms with Crippen molar-refractivity contribution in [3.05, 3.63) is 75.0 Å². The van der Waals surface area contributed by atoms with Gasteiger partial charge in [-0.15, -0.1) is 0 Å². The van der Waals surface area contributed by atoms with Crippen molar-refractivity contribution in [3.63, 3.8) is 0 Å². The van der Waals surface area contributed by atoms with Crippen LogP contribution in [0.1, 0.15) is 16.7 Å². The summed E-state index contributed by atoms with van der Waals surface area (Å²) in [6.45, 7) is 2.28. The molecule has 1 aliphatic rings. The van der Waals surface area contributed by atoms with Crippen LogP contribution in [-0.4, -0.2) is 15.9 Å². The van der Waals surface area contributed by atoms with Crippen LogP contribution in [0.3, 0.4) is 0 Å². The number of rotatable bonds is 5. The number of amides is 1. The molecule has 2 N–H and O–H groups in total. The Kier molecular flexibility index (Phi) is 4.94. The number of nitro benzene ring substituents is 1. The van der Waals surface area contributed by atoms with Gasteiger partial charge in [0.1, 0.15) is 18.1 Å². The normalized spacial score (nSPS) is 14.9. The second-order valence-electron chi connectivity index (χ2n) is 5.72. The summed E-state index contributed by atoms with van der Waals surface area (Å²) in [5, 5.41) is 16.4. The molecule has 8 heteroatoms. The first-order valence-corrected chi connectivity index (χ1v) is 8.14. The number of nitro groups is 1. The standard InChI is InChI=1S/C18H15N3O4S/c1-11-3-2-4-12(7-11)10-25-16-6-5-14(21(23)24)8-13(16)9-15-17(22)20-18(26)19-15/h2-9H,10H2,1H3,(H2,19,20,22,26)/b15-9-.